The van der Waals surface area contributed by atoms with E-state index in [1.54, 1.807) is 11.0 Å². The number of amides is 1. The van der Waals surface area contributed by atoms with E-state index in [0.717, 1.165) is 32.4 Å². The highest BCUT2D eigenvalue weighted by Crippen LogP contribution is 2.27. The predicted octanol–water partition coefficient (Wildman–Crippen LogP) is 2.84. The van der Waals surface area contributed by atoms with Gasteiger partial charge in [-0.2, -0.15) is 0 Å². The number of nitrogens with one attached hydrogen (secondary N) is 1. The van der Waals surface area contributed by atoms with E-state index in [2.05, 4.69) is 50.0 Å². The van der Waals surface area contributed by atoms with E-state index in [1.807, 2.05) is 18.2 Å². The highest BCUT2D eigenvalue weighted by molar-refractivity contribution is 5.82. The number of aromatic nitrogens is 4. The lowest BCUT2D eigenvalue weighted by Gasteiger charge is -2.25. The summed E-state index contributed by atoms with van der Waals surface area (Å²) in [6, 6.07) is 10.6. The van der Waals surface area contributed by atoms with Gasteiger partial charge in [0.1, 0.15) is 6.33 Å². The maximum Gasteiger partial charge on any atom is 0.237 e. The second-order valence-corrected chi connectivity index (χ2v) is 8.16. The SMILES string of the molecule is O=C(NC1CCCCCC1)[C@@H]1C[C@H](n2cnnn2)CN1CC=Cc1ccccc1. The Bertz CT molecular complexity index is 783. The summed E-state index contributed by atoms with van der Waals surface area (Å²) >= 11 is 0. The van der Waals surface area contributed by atoms with Gasteiger partial charge >= 0.3 is 0 Å². The highest BCUT2D eigenvalue weighted by Gasteiger charge is 2.38. The lowest BCUT2D eigenvalue weighted by atomic mass is 10.1. The molecular weight excluding hydrogens is 364 g/mol. The maximum absolute atomic E-state index is 13.1. The van der Waals surface area contributed by atoms with E-state index in [-0.39, 0.29) is 18.0 Å². The number of hydrogen-bond donors (Lipinski definition) is 1. The second kappa shape index (κ2) is 9.78. The Morgan fingerprint density at radius 1 is 1.14 bits per heavy atom. The van der Waals surface area contributed by atoms with Gasteiger partial charge in [-0.15, -0.1) is 5.10 Å². The molecule has 1 saturated carbocycles. The average Bonchev–Trinajstić information content (AvgIpc) is 3.35. The zero-order chi connectivity index (χ0) is 19.9. The van der Waals surface area contributed by atoms with Crippen LogP contribution in [0.1, 0.15) is 56.6 Å². The zero-order valence-corrected chi connectivity index (χ0v) is 16.9. The number of rotatable bonds is 6. The first kappa shape index (κ1) is 19.8. The van der Waals surface area contributed by atoms with Crippen LogP contribution in [0.4, 0.5) is 0 Å². The Hall–Kier alpha value is -2.54. The van der Waals surface area contributed by atoms with Gasteiger partial charge in [0.25, 0.3) is 0 Å². The molecule has 2 fully saturated rings. The second-order valence-electron chi connectivity index (χ2n) is 8.16. The molecule has 2 heterocycles. The van der Waals surface area contributed by atoms with Crippen LogP contribution in [-0.2, 0) is 4.79 Å². The number of likely N-dealkylation sites (tertiary alicyclic amines) is 1. The third-order valence-corrected chi connectivity index (χ3v) is 6.07. The number of nitrogens with zero attached hydrogens (tertiary/aromatic N) is 5. The number of tetrazole rings is 1. The molecule has 0 radical (unpaired) electrons. The Morgan fingerprint density at radius 2 is 1.93 bits per heavy atom. The van der Waals surface area contributed by atoms with Crippen LogP contribution in [0, 0.1) is 0 Å². The molecule has 154 valence electrons. The molecule has 7 heteroatoms. The van der Waals surface area contributed by atoms with Crippen molar-refractivity contribution >= 4 is 12.0 Å². The number of benzene rings is 1. The maximum atomic E-state index is 13.1. The van der Waals surface area contributed by atoms with Crippen molar-refractivity contribution in [2.45, 2.75) is 63.1 Å². The monoisotopic (exact) mass is 394 g/mol. The molecule has 1 aromatic heterocycles. The molecule has 1 amide bonds. The van der Waals surface area contributed by atoms with E-state index < -0.39 is 0 Å². The van der Waals surface area contributed by atoms with E-state index in [0.29, 0.717) is 6.04 Å². The molecule has 4 rings (SSSR count). The minimum absolute atomic E-state index is 0.125. The van der Waals surface area contributed by atoms with Crippen LogP contribution in [0.3, 0.4) is 0 Å². The Labute approximate surface area is 172 Å². The van der Waals surface area contributed by atoms with Gasteiger partial charge in [0.15, 0.2) is 0 Å². The molecule has 1 aromatic carbocycles. The largest absolute Gasteiger partial charge is 0.352 e. The molecule has 1 saturated heterocycles. The Balaban J connectivity index is 1.42. The minimum atomic E-state index is -0.145. The fourth-order valence-corrected chi connectivity index (χ4v) is 4.49. The lowest BCUT2D eigenvalue weighted by molar-refractivity contribution is -0.126. The average molecular weight is 395 g/mol. The molecule has 1 aliphatic heterocycles. The van der Waals surface area contributed by atoms with Crippen LogP contribution in [-0.4, -0.2) is 56.2 Å². The summed E-state index contributed by atoms with van der Waals surface area (Å²) < 4.78 is 1.78. The van der Waals surface area contributed by atoms with E-state index in [1.165, 1.54) is 31.2 Å². The minimum Gasteiger partial charge on any atom is -0.352 e. The van der Waals surface area contributed by atoms with Gasteiger partial charge < -0.3 is 5.32 Å². The fourth-order valence-electron chi connectivity index (χ4n) is 4.49. The topological polar surface area (TPSA) is 75.9 Å². The summed E-state index contributed by atoms with van der Waals surface area (Å²) in [4.78, 5) is 15.4. The van der Waals surface area contributed by atoms with Gasteiger partial charge in [-0.1, -0.05) is 68.2 Å². The van der Waals surface area contributed by atoms with Crippen LogP contribution in [0.15, 0.2) is 42.7 Å². The number of hydrogen-bond acceptors (Lipinski definition) is 5. The van der Waals surface area contributed by atoms with Crippen LogP contribution in [0.5, 0.6) is 0 Å². The smallest absolute Gasteiger partial charge is 0.237 e. The van der Waals surface area contributed by atoms with Crippen molar-refractivity contribution in [2.75, 3.05) is 13.1 Å². The molecule has 2 aromatic rings. The molecule has 29 heavy (non-hydrogen) atoms. The normalized spacial score (nSPS) is 24.0. The first-order chi connectivity index (χ1) is 14.3. The molecule has 2 atom stereocenters. The molecule has 0 unspecified atom stereocenters. The van der Waals surface area contributed by atoms with Crippen LogP contribution < -0.4 is 5.32 Å². The third-order valence-electron chi connectivity index (χ3n) is 6.07. The Kier molecular flexibility index (Phi) is 6.67. The van der Waals surface area contributed by atoms with Gasteiger partial charge in [0.05, 0.1) is 12.1 Å². The van der Waals surface area contributed by atoms with Gasteiger partial charge in [-0.3, -0.25) is 9.69 Å². The van der Waals surface area contributed by atoms with Crippen molar-refractivity contribution in [3.05, 3.63) is 48.3 Å². The van der Waals surface area contributed by atoms with Gasteiger partial charge in [-0.05, 0) is 35.3 Å². The van der Waals surface area contributed by atoms with Gasteiger partial charge in [-0.25, -0.2) is 4.68 Å². The summed E-state index contributed by atoms with van der Waals surface area (Å²) in [5, 5.41) is 14.9. The first-order valence-corrected chi connectivity index (χ1v) is 10.8. The van der Waals surface area contributed by atoms with E-state index in [9.17, 15) is 4.79 Å². The van der Waals surface area contributed by atoms with Crippen molar-refractivity contribution < 1.29 is 4.79 Å². The summed E-state index contributed by atoms with van der Waals surface area (Å²) in [7, 11) is 0. The summed E-state index contributed by atoms with van der Waals surface area (Å²) in [5.41, 5.74) is 1.17. The van der Waals surface area contributed by atoms with E-state index >= 15 is 0 Å². The third kappa shape index (κ3) is 5.29. The molecule has 0 spiro atoms. The molecular formula is C22H30N6O. The van der Waals surface area contributed by atoms with Crippen LogP contribution >= 0.6 is 0 Å². The van der Waals surface area contributed by atoms with Crippen LogP contribution in [0.2, 0.25) is 0 Å². The summed E-state index contributed by atoms with van der Waals surface area (Å²) in [6.07, 6.45) is 13.8. The van der Waals surface area contributed by atoms with Crippen molar-refractivity contribution in [3.63, 3.8) is 0 Å². The van der Waals surface area contributed by atoms with Gasteiger partial charge in [0, 0.05) is 19.1 Å². The highest BCUT2D eigenvalue weighted by atomic mass is 16.2. The Morgan fingerprint density at radius 3 is 2.66 bits per heavy atom. The van der Waals surface area contributed by atoms with Crippen LogP contribution in [0.25, 0.3) is 6.08 Å². The quantitative estimate of drug-likeness (QED) is 0.763. The summed E-state index contributed by atoms with van der Waals surface area (Å²) in [5.74, 6) is 0.153. The lowest BCUT2D eigenvalue weighted by Crippen LogP contribution is -2.46. The molecule has 0 bridgehead atoms. The standard InChI is InChI=1S/C22H30N6O/c29-22(24-19-12-6-1-2-7-13-19)21-15-20(28-17-23-25-26-28)16-27(21)14-8-11-18-9-4-3-5-10-18/h3-5,8-11,17,19-21H,1-2,6-7,12-16H2,(H,24,29)/t20-,21-/m0/s1. The fraction of sp³-hybridized carbons (Fsp3) is 0.545. The zero-order valence-electron chi connectivity index (χ0n) is 16.9. The van der Waals surface area contributed by atoms with Crippen molar-refractivity contribution in [1.82, 2.24) is 30.4 Å². The first-order valence-electron chi connectivity index (χ1n) is 10.8. The summed E-state index contributed by atoms with van der Waals surface area (Å²) in [6.45, 7) is 1.50. The molecule has 1 aliphatic carbocycles. The van der Waals surface area contributed by atoms with Crippen molar-refractivity contribution in [2.24, 2.45) is 0 Å². The number of carbonyl (C=O) groups is 1. The van der Waals surface area contributed by atoms with Crippen molar-refractivity contribution in [3.8, 4) is 0 Å². The predicted molar refractivity (Wildman–Crippen MR) is 112 cm³/mol. The van der Waals surface area contributed by atoms with Gasteiger partial charge in [0.2, 0.25) is 5.91 Å². The molecule has 2 aliphatic rings. The number of carbonyl (C=O) groups excluding carboxylic acids is 1. The molecule has 1 N–H and O–H groups in total. The van der Waals surface area contributed by atoms with Crippen molar-refractivity contribution in [1.29, 1.82) is 0 Å². The molecule has 7 nitrogen and oxygen atoms in total. The van der Waals surface area contributed by atoms with E-state index in [4.69, 9.17) is 0 Å².